The third-order valence-corrected chi connectivity index (χ3v) is 4.66. The smallest absolute Gasteiger partial charge is 0.0534 e. The van der Waals surface area contributed by atoms with Gasteiger partial charge in [-0.2, -0.15) is 0 Å². The number of aliphatic hydroxyl groups is 2. The summed E-state index contributed by atoms with van der Waals surface area (Å²) in [5, 5.41) is 19.0. The highest BCUT2D eigenvalue weighted by atomic mass is 16.3. The summed E-state index contributed by atoms with van der Waals surface area (Å²) in [5.74, 6) is 0. The standard InChI is InChI=1S/C11H18O2/c1-8-9(2)11(7-13)5-3-4-10(8,11)6-12/h12-13H,3-7H2,1-2H3/t10-,11+. The van der Waals surface area contributed by atoms with Crippen molar-refractivity contribution in [2.45, 2.75) is 33.1 Å². The second-order valence-electron chi connectivity index (χ2n) is 4.58. The molecular formula is C11H18O2. The van der Waals surface area contributed by atoms with Crippen LogP contribution in [0, 0.1) is 10.8 Å². The van der Waals surface area contributed by atoms with Crippen LogP contribution in [0.1, 0.15) is 33.1 Å². The summed E-state index contributed by atoms with van der Waals surface area (Å²) < 4.78 is 0. The van der Waals surface area contributed by atoms with Crippen LogP contribution < -0.4 is 0 Å². The highest BCUT2D eigenvalue weighted by molar-refractivity contribution is 5.44. The summed E-state index contributed by atoms with van der Waals surface area (Å²) in [7, 11) is 0. The number of fused-ring (bicyclic) bond motifs is 1. The maximum Gasteiger partial charge on any atom is 0.0534 e. The van der Waals surface area contributed by atoms with Gasteiger partial charge < -0.3 is 10.2 Å². The first-order valence-electron chi connectivity index (χ1n) is 5.05. The molecule has 2 heteroatoms. The average Bonchev–Trinajstić information content (AvgIpc) is 2.52. The van der Waals surface area contributed by atoms with Crippen molar-refractivity contribution in [1.82, 2.24) is 0 Å². The Morgan fingerprint density at radius 1 is 1.00 bits per heavy atom. The lowest BCUT2D eigenvalue weighted by atomic mass is 9.49. The molecule has 2 nitrogen and oxygen atoms in total. The van der Waals surface area contributed by atoms with Crippen molar-refractivity contribution < 1.29 is 10.2 Å². The van der Waals surface area contributed by atoms with E-state index in [1.807, 2.05) is 0 Å². The van der Waals surface area contributed by atoms with Gasteiger partial charge in [-0.05, 0) is 26.7 Å². The molecule has 2 aliphatic rings. The Hall–Kier alpha value is -0.340. The van der Waals surface area contributed by atoms with E-state index < -0.39 is 0 Å². The summed E-state index contributed by atoms with van der Waals surface area (Å²) in [4.78, 5) is 0. The zero-order valence-corrected chi connectivity index (χ0v) is 8.43. The molecule has 2 N–H and O–H groups in total. The minimum Gasteiger partial charge on any atom is -0.395 e. The molecule has 2 aliphatic carbocycles. The summed E-state index contributed by atoms with van der Waals surface area (Å²) >= 11 is 0. The van der Waals surface area contributed by atoms with Crippen molar-refractivity contribution in [3.63, 3.8) is 0 Å². The third-order valence-electron chi connectivity index (χ3n) is 4.66. The Kier molecular flexibility index (Phi) is 1.83. The number of aliphatic hydroxyl groups excluding tert-OH is 2. The van der Waals surface area contributed by atoms with E-state index in [9.17, 15) is 10.2 Å². The fourth-order valence-electron chi connectivity index (χ4n) is 3.62. The van der Waals surface area contributed by atoms with Crippen LogP contribution in [0.5, 0.6) is 0 Å². The van der Waals surface area contributed by atoms with Gasteiger partial charge in [-0.15, -0.1) is 0 Å². The van der Waals surface area contributed by atoms with Crippen LogP contribution in [0.2, 0.25) is 0 Å². The van der Waals surface area contributed by atoms with Gasteiger partial charge in [0.25, 0.3) is 0 Å². The van der Waals surface area contributed by atoms with Gasteiger partial charge in [0, 0.05) is 10.8 Å². The minimum absolute atomic E-state index is 0.0637. The lowest BCUT2D eigenvalue weighted by Gasteiger charge is -2.56. The third kappa shape index (κ3) is 0.728. The molecule has 0 aromatic rings. The molecule has 2 rings (SSSR count). The fourth-order valence-corrected chi connectivity index (χ4v) is 3.62. The predicted molar refractivity (Wildman–Crippen MR) is 51.3 cm³/mol. The van der Waals surface area contributed by atoms with E-state index >= 15 is 0 Å². The van der Waals surface area contributed by atoms with Gasteiger partial charge in [-0.1, -0.05) is 17.6 Å². The second kappa shape index (κ2) is 2.58. The molecule has 0 unspecified atom stereocenters. The van der Waals surface area contributed by atoms with Crippen LogP contribution in [0.3, 0.4) is 0 Å². The molecule has 2 atom stereocenters. The molecule has 0 saturated heterocycles. The van der Waals surface area contributed by atoms with Crippen molar-refractivity contribution >= 4 is 0 Å². The van der Waals surface area contributed by atoms with E-state index in [-0.39, 0.29) is 24.0 Å². The first-order chi connectivity index (χ1) is 6.14. The molecule has 0 radical (unpaired) electrons. The summed E-state index contributed by atoms with van der Waals surface area (Å²) in [5.41, 5.74) is 2.51. The van der Waals surface area contributed by atoms with Crippen LogP contribution in [0.25, 0.3) is 0 Å². The van der Waals surface area contributed by atoms with E-state index in [1.165, 1.54) is 11.1 Å². The predicted octanol–water partition coefficient (Wildman–Crippen LogP) is 1.48. The zero-order chi connectivity index (χ0) is 9.69. The lowest BCUT2D eigenvalue weighted by molar-refractivity contribution is -0.0122. The van der Waals surface area contributed by atoms with Crippen LogP contribution in [0.15, 0.2) is 11.1 Å². The summed E-state index contributed by atoms with van der Waals surface area (Å²) in [6, 6.07) is 0. The molecule has 0 amide bonds. The Balaban J connectivity index is 2.47. The zero-order valence-electron chi connectivity index (χ0n) is 8.43. The molecule has 0 bridgehead atoms. The highest BCUT2D eigenvalue weighted by Crippen LogP contribution is 2.68. The van der Waals surface area contributed by atoms with Gasteiger partial charge in [0.1, 0.15) is 0 Å². The molecule has 13 heavy (non-hydrogen) atoms. The molecular weight excluding hydrogens is 164 g/mol. The van der Waals surface area contributed by atoms with E-state index in [0.717, 1.165) is 19.3 Å². The normalized spacial score (nSPS) is 43.4. The van der Waals surface area contributed by atoms with Gasteiger partial charge >= 0.3 is 0 Å². The van der Waals surface area contributed by atoms with E-state index in [1.54, 1.807) is 0 Å². The maximum atomic E-state index is 9.49. The lowest BCUT2D eigenvalue weighted by Crippen LogP contribution is -2.53. The van der Waals surface area contributed by atoms with Crippen molar-refractivity contribution in [1.29, 1.82) is 0 Å². The SMILES string of the molecule is CC1=C(C)[C@@]2(CO)CCC[C@@]12CO. The Labute approximate surface area is 79.3 Å². The van der Waals surface area contributed by atoms with E-state index in [4.69, 9.17) is 0 Å². The molecule has 0 aromatic carbocycles. The summed E-state index contributed by atoms with van der Waals surface area (Å²) in [6.45, 7) is 4.61. The monoisotopic (exact) mass is 182 g/mol. The van der Waals surface area contributed by atoms with Gasteiger partial charge in [0.15, 0.2) is 0 Å². The minimum atomic E-state index is -0.0637. The molecule has 0 aliphatic heterocycles. The molecule has 0 aromatic heterocycles. The van der Waals surface area contributed by atoms with Crippen LogP contribution in [-0.2, 0) is 0 Å². The average molecular weight is 182 g/mol. The highest BCUT2D eigenvalue weighted by Gasteiger charge is 2.63. The number of hydrogen-bond acceptors (Lipinski definition) is 2. The van der Waals surface area contributed by atoms with Gasteiger partial charge in [0.05, 0.1) is 13.2 Å². The first kappa shape index (κ1) is 9.22. The Morgan fingerprint density at radius 3 is 1.69 bits per heavy atom. The molecule has 1 saturated carbocycles. The quantitative estimate of drug-likeness (QED) is 0.635. The topological polar surface area (TPSA) is 40.5 Å². The van der Waals surface area contributed by atoms with Crippen molar-refractivity contribution in [2.75, 3.05) is 13.2 Å². The van der Waals surface area contributed by atoms with Crippen LogP contribution in [-0.4, -0.2) is 23.4 Å². The van der Waals surface area contributed by atoms with Crippen LogP contribution in [0.4, 0.5) is 0 Å². The van der Waals surface area contributed by atoms with Crippen molar-refractivity contribution in [3.05, 3.63) is 11.1 Å². The number of rotatable bonds is 2. The fraction of sp³-hybridized carbons (Fsp3) is 0.818. The van der Waals surface area contributed by atoms with Crippen molar-refractivity contribution in [3.8, 4) is 0 Å². The maximum absolute atomic E-state index is 9.49. The molecule has 1 fully saturated rings. The van der Waals surface area contributed by atoms with Gasteiger partial charge in [-0.25, -0.2) is 0 Å². The molecule has 74 valence electrons. The Morgan fingerprint density at radius 2 is 1.38 bits per heavy atom. The largest absolute Gasteiger partial charge is 0.395 e. The second-order valence-corrected chi connectivity index (χ2v) is 4.58. The Bertz CT molecular complexity index is 243. The summed E-state index contributed by atoms with van der Waals surface area (Å²) in [6.07, 6.45) is 3.23. The number of hydrogen-bond donors (Lipinski definition) is 2. The van der Waals surface area contributed by atoms with Gasteiger partial charge in [-0.3, -0.25) is 0 Å². The van der Waals surface area contributed by atoms with Crippen molar-refractivity contribution in [2.24, 2.45) is 10.8 Å². The first-order valence-corrected chi connectivity index (χ1v) is 5.05. The van der Waals surface area contributed by atoms with E-state index in [2.05, 4.69) is 13.8 Å². The van der Waals surface area contributed by atoms with E-state index in [0.29, 0.717) is 0 Å². The van der Waals surface area contributed by atoms with Crippen LogP contribution >= 0.6 is 0 Å². The molecule has 0 spiro atoms. The van der Waals surface area contributed by atoms with Gasteiger partial charge in [0.2, 0.25) is 0 Å². The molecule has 0 heterocycles.